The number of hydrogen-bond donors (Lipinski definition) is 1. The van der Waals surface area contributed by atoms with Crippen molar-refractivity contribution in [1.82, 2.24) is 29.2 Å². The maximum Gasteiger partial charge on any atom is 0.490 e. The maximum atomic E-state index is 10.6. The fraction of sp³-hybridized carbons (Fsp3) is 0.350. The molecule has 32 heavy (non-hydrogen) atoms. The number of alkyl halides is 3. The molecule has 2 aromatic heterocycles. The molecule has 3 aromatic rings. The molecular formula is C20H20F3N7O2. The molecule has 0 fully saturated rings. The molecule has 0 saturated heterocycles. The molecular weight excluding hydrogens is 427 g/mol. The molecule has 1 aliphatic rings. The summed E-state index contributed by atoms with van der Waals surface area (Å²) in [4.78, 5) is 19.9. The van der Waals surface area contributed by atoms with Crippen LogP contribution in [0, 0.1) is 11.3 Å². The van der Waals surface area contributed by atoms with E-state index in [1.165, 1.54) is 5.56 Å². The smallest absolute Gasteiger partial charge is 0.475 e. The Morgan fingerprint density at radius 1 is 1.22 bits per heavy atom. The van der Waals surface area contributed by atoms with E-state index in [1.54, 1.807) is 12.7 Å². The molecule has 3 heterocycles. The number of hydrogen-bond acceptors (Lipinski definition) is 6. The molecule has 0 unspecified atom stereocenters. The first kappa shape index (κ1) is 23.0. The Morgan fingerprint density at radius 3 is 2.66 bits per heavy atom. The summed E-state index contributed by atoms with van der Waals surface area (Å²) in [5.41, 5.74) is 3.06. The van der Waals surface area contributed by atoms with E-state index in [0.29, 0.717) is 6.54 Å². The van der Waals surface area contributed by atoms with Crippen LogP contribution in [0.15, 0.2) is 43.1 Å². The largest absolute Gasteiger partial charge is 0.490 e. The van der Waals surface area contributed by atoms with Gasteiger partial charge in [0.15, 0.2) is 0 Å². The van der Waals surface area contributed by atoms with Crippen molar-refractivity contribution in [3.05, 3.63) is 65.8 Å². The molecule has 0 radical (unpaired) electrons. The van der Waals surface area contributed by atoms with E-state index < -0.39 is 12.1 Å². The van der Waals surface area contributed by atoms with E-state index in [0.717, 1.165) is 49.7 Å². The number of fused-ring (bicyclic) bond motifs is 1. The molecule has 0 spiro atoms. The monoisotopic (exact) mass is 447 g/mol. The van der Waals surface area contributed by atoms with Gasteiger partial charge in [-0.15, -0.1) is 0 Å². The van der Waals surface area contributed by atoms with E-state index in [4.69, 9.17) is 15.2 Å². The van der Waals surface area contributed by atoms with Crippen molar-refractivity contribution in [3.8, 4) is 6.07 Å². The number of carbonyl (C=O) groups is 1. The van der Waals surface area contributed by atoms with Gasteiger partial charge in [-0.1, -0.05) is 12.1 Å². The third kappa shape index (κ3) is 6.14. The maximum absolute atomic E-state index is 10.6. The van der Waals surface area contributed by atoms with Gasteiger partial charge in [0.05, 0.1) is 30.1 Å². The number of rotatable bonds is 4. The number of carboxylic acids is 1. The predicted molar refractivity (Wildman–Crippen MR) is 105 cm³/mol. The molecule has 9 nitrogen and oxygen atoms in total. The predicted octanol–water partition coefficient (Wildman–Crippen LogP) is 2.09. The minimum absolute atomic E-state index is 0.692. The second-order valence-corrected chi connectivity index (χ2v) is 7.05. The summed E-state index contributed by atoms with van der Waals surface area (Å²) >= 11 is 0. The van der Waals surface area contributed by atoms with Crippen molar-refractivity contribution < 1.29 is 23.1 Å². The lowest BCUT2D eigenvalue weighted by Crippen LogP contribution is -2.26. The highest BCUT2D eigenvalue weighted by Crippen LogP contribution is 2.15. The second-order valence-electron chi connectivity index (χ2n) is 7.05. The SMILES string of the molecule is N#Cc1cccc(CN2CCc3ncc(Cn4cncn4)n3CC2)c1.O=C(O)C(F)(F)F. The normalized spacial score (nSPS) is 13.9. The Bertz CT molecular complexity index is 1090. The van der Waals surface area contributed by atoms with Gasteiger partial charge in [0.1, 0.15) is 18.5 Å². The quantitative estimate of drug-likeness (QED) is 0.652. The van der Waals surface area contributed by atoms with Gasteiger partial charge in [-0.3, -0.25) is 4.90 Å². The zero-order valence-corrected chi connectivity index (χ0v) is 16.9. The van der Waals surface area contributed by atoms with Crippen LogP contribution in [0.1, 0.15) is 22.6 Å². The molecule has 0 atom stereocenters. The summed E-state index contributed by atoms with van der Waals surface area (Å²) in [6.07, 6.45) is 1.07. The average molecular weight is 447 g/mol. The Labute approximate surface area is 181 Å². The van der Waals surface area contributed by atoms with Crippen molar-refractivity contribution in [2.45, 2.75) is 32.2 Å². The summed E-state index contributed by atoms with van der Waals surface area (Å²) in [7, 11) is 0. The summed E-state index contributed by atoms with van der Waals surface area (Å²) in [6, 6.07) is 10.1. The molecule has 0 aliphatic carbocycles. The number of imidazole rings is 1. The number of nitriles is 1. The highest BCUT2D eigenvalue weighted by atomic mass is 19.4. The first-order valence-electron chi connectivity index (χ1n) is 9.63. The molecule has 1 aromatic carbocycles. The van der Waals surface area contributed by atoms with E-state index in [9.17, 15) is 13.2 Å². The van der Waals surface area contributed by atoms with Crippen LogP contribution in [-0.4, -0.2) is 59.6 Å². The van der Waals surface area contributed by atoms with Crippen LogP contribution in [0.25, 0.3) is 0 Å². The van der Waals surface area contributed by atoms with E-state index in [1.807, 2.05) is 29.1 Å². The van der Waals surface area contributed by atoms with Crippen LogP contribution < -0.4 is 0 Å². The molecule has 12 heteroatoms. The Balaban J connectivity index is 0.000000360. The van der Waals surface area contributed by atoms with E-state index in [-0.39, 0.29) is 0 Å². The molecule has 4 rings (SSSR count). The van der Waals surface area contributed by atoms with Crippen molar-refractivity contribution in [2.24, 2.45) is 0 Å². The van der Waals surface area contributed by atoms with Crippen LogP contribution in [0.4, 0.5) is 13.2 Å². The molecule has 1 aliphatic heterocycles. The van der Waals surface area contributed by atoms with Gasteiger partial charge in [-0.25, -0.2) is 19.4 Å². The van der Waals surface area contributed by atoms with E-state index >= 15 is 0 Å². The minimum Gasteiger partial charge on any atom is -0.475 e. The van der Waals surface area contributed by atoms with Crippen LogP contribution in [0.3, 0.4) is 0 Å². The van der Waals surface area contributed by atoms with Crippen molar-refractivity contribution >= 4 is 5.97 Å². The zero-order chi connectivity index (χ0) is 23.1. The topological polar surface area (TPSA) is 113 Å². The minimum atomic E-state index is -5.08. The van der Waals surface area contributed by atoms with Gasteiger partial charge >= 0.3 is 12.1 Å². The number of benzene rings is 1. The Hall–Kier alpha value is -3.72. The first-order chi connectivity index (χ1) is 15.3. The van der Waals surface area contributed by atoms with Crippen LogP contribution >= 0.6 is 0 Å². The molecule has 0 saturated carbocycles. The molecule has 1 N–H and O–H groups in total. The van der Waals surface area contributed by atoms with E-state index in [2.05, 4.69) is 36.7 Å². The third-order valence-corrected chi connectivity index (χ3v) is 4.81. The number of carboxylic acid groups (broad SMARTS) is 1. The molecule has 168 valence electrons. The number of halogens is 3. The lowest BCUT2D eigenvalue weighted by Gasteiger charge is -2.19. The lowest BCUT2D eigenvalue weighted by atomic mass is 10.1. The lowest BCUT2D eigenvalue weighted by molar-refractivity contribution is -0.192. The Kier molecular flexibility index (Phi) is 7.21. The number of aliphatic carboxylic acids is 1. The fourth-order valence-electron chi connectivity index (χ4n) is 3.30. The van der Waals surface area contributed by atoms with Crippen molar-refractivity contribution in [3.63, 3.8) is 0 Å². The van der Waals surface area contributed by atoms with Gasteiger partial charge in [-0.2, -0.15) is 23.5 Å². The van der Waals surface area contributed by atoms with Gasteiger partial charge in [0, 0.05) is 32.6 Å². The highest BCUT2D eigenvalue weighted by molar-refractivity contribution is 5.73. The van der Waals surface area contributed by atoms with Gasteiger partial charge in [-0.05, 0) is 17.7 Å². The molecule has 0 bridgehead atoms. The third-order valence-electron chi connectivity index (χ3n) is 4.81. The van der Waals surface area contributed by atoms with Crippen LogP contribution in [-0.2, 0) is 30.8 Å². The second kappa shape index (κ2) is 10.1. The summed E-state index contributed by atoms with van der Waals surface area (Å²) in [5.74, 6) is -1.63. The first-order valence-corrected chi connectivity index (χ1v) is 9.63. The van der Waals surface area contributed by atoms with Crippen LogP contribution in [0.5, 0.6) is 0 Å². The number of aromatic nitrogens is 5. The zero-order valence-electron chi connectivity index (χ0n) is 16.9. The van der Waals surface area contributed by atoms with Crippen molar-refractivity contribution in [1.29, 1.82) is 5.26 Å². The van der Waals surface area contributed by atoms with Crippen LogP contribution in [0.2, 0.25) is 0 Å². The van der Waals surface area contributed by atoms with Gasteiger partial charge in [0.25, 0.3) is 0 Å². The van der Waals surface area contributed by atoms with Crippen molar-refractivity contribution in [2.75, 3.05) is 13.1 Å². The average Bonchev–Trinajstić information content (AvgIpc) is 3.35. The van der Waals surface area contributed by atoms with Gasteiger partial charge in [0.2, 0.25) is 0 Å². The fourth-order valence-corrected chi connectivity index (χ4v) is 3.30. The van der Waals surface area contributed by atoms with Gasteiger partial charge < -0.3 is 9.67 Å². The standard InChI is InChI=1S/C18H19N7.C2HF3O2/c19-9-15-2-1-3-16(8-15)11-23-5-4-18-21-10-17(25(18)7-6-23)12-24-14-20-13-22-24;3-2(4,5)1(6)7/h1-3,8,10,13-14H,4-7,11-12H2;(H,6,7). The summed E-state index contributed by atoms with van der Waals surface area (Å²) < 4.78 is 35.9. The summed E-state index contributed by atoms with van der Waals surface area (Å²) in [6.45, 7) is 4.40. The molecule has 0 amide bonds. The Morgan fingerprint density at radius 2 is 2.00 bits per heavy atom. The highest BCUT2D eigenvalue weighted by Gasteiger charge is 2.38. The summed E-state index contributed by atoms with van der Waals surface area (Å²) in [5, 5.41) is 20.4. The number of nitrogens with zero attached hydrogens (tertiary/aromatic N) is 7.